The van der Waals surface area contributed by atoms with Crippen LogP contribution in [0.3, 0.4) is 0 Å². The smallest absolute Gasteiger partial charge is 0.342 e. The number of carbonyl (C=O) groups is 1. The molecule has 3 aromatic rings. The SMILES string of the molecule is COC(=O)c1c(-c2ccccc2)cc(-c2ccccc2)c(C)c1O. The van der Waals surface area contributed by atoms with Crippen molar-refractivity contribution in [2.75, 3.05) is 7.11 Å². The maximum Gasteiger partial charge on any atom is 0.342 e. The minimum absolute atomic E-state index is 0.0398. The van der Waals surface area contributed by atoms with Gasteiger partial charge in [0.25, 0.3) is 0 Å². The summed E-state index contributed by atoms with van der Waals surface area (Å²) < 4.78 is 4.88. The lowest BCUT2D eigenvalue weighted by Gasteiger charge is -2.16. The van der Waals surface area contributed by atoms with Crippen molar-refractivity contribution in [3.05, 3.63) is 77.9 Å². The molecule has 0 atom stereocenters. The summed E-state index contributed by atoms with van der Waals surface area (Å²) in [5, 5.41) is 10.7. The third-order valence-electron chi connectivity index (χ3n) is 4.11. The van der Waals surface area contributed by atoms with Crippen LogP contribution < -0.4 is 0 Å². The average molecular weight is 318 g/mol. The van der Waals surface area contributed by atoms with Crippen LogP contribution in [0.25, 0.3) is 22.3 Å². The Morgan fingerprint density at radius 1 is 0.875 bits per heavy atom. The summed E-state index contributed by atoms with van der Waals surface area (Å²) >= 11 is 0. The first-order chi connectivity index (χ1) is 11.6. The van der Waals surface area contributed by atoms with Gasteiger partial charge in [0.05, 0.1) is 7.11 Å². The van der Waals surface area contributed by atoms with Gasteiger partial charge in [-0.3, -0.25) is 0 Å². The van der Waals surface area contributed by atoms with Crippen molar-refractivity contribution in [3.8, 4) is 28.0 Å². The number of rotatable bonds is 3. The highest BCUT2D eigenvalue weighted by Gasteiger charge is 2.22. The molecule has 0 fully saturated rings. The number of hydrogen-bond donors (Lipinski definition) is 1. The number of esters is 1. The van der Waals surface area contributed by atoms with E-state index in [1.54, 1.807) is 6.92 Å². The van der Waals surface area contributed by atoms with Gasteiger partial charge in [-0.15, -0.1) is 0 Å². The predicted molar refractivity (Wildman–Crippen MR) is 95.1 cm³/mol. The van der Waals surface area contributed by atoms with Crippen molar-refractivity contribution in [1.82, 2.24) is 0 Å². The first-order valence-electron chi connectivity index (χ1n) is 7.69. The van der Waals surface area contributed by atoms with Crippen LogP contribution >= 0.6 is 0 Å². The van der Waals surface area contributed by atoms with Gasteiger partial charge < -0.3 is 9.84 Å². The van der Waals surface area contributed by atoms with Gasteiger partial charge >= 0.3 is 5.97 Å². The minimum atomic E-state index is -0.547. The minimum Gasteiger partial charge on any atom is -0.507 e. The number of benzene rings is 3. The monoisotopic (exact) mass is 318 g/mol. The van der Waals surface area contributed by atoms with E-state index in [0.29, 0.717) is 11.1 Å². The first kappa shape index (κ1) is 15.8. The molecule has 0 aliphatic heterocycles. The molecule has 0 aliphatic rings. The largest absolute Gasteiger partial charge is 0.507 e. The molecule has 0 spiro atoms. The van der Waals surface area contributed by atoms with Crippen LogP contribution in [0.1, 0.15) is 15.9 Å². The highest BCUT2D eigenvalue weighted by Crippen LogP contribution is 2.39. The number of phenols is 1. The second-order valence-corrected chi connectivity index (χ2v) is 5.54. The van der Waals surface area contributed by atoms with Crippen LogP contribution in [0.15, 0.2) is 66.7 Å². The van der Waals surface area contributed by atoms with E-state index < -0.39 is 5.97 Å². The van der Waals surface area contributed by atoms with Crippen molar-refractivity contribution in [2.24, 2.45) is 0 Å². The van der Waals surface area contributed by atoms with Crippen LogP contribution in [0.4, 0.5) is 0 Å². The molecule has 120 valence electrons. The Kier molecular flexibility index (Phi) is 4.34. The first-order valence-corrected chi connectivity index (χ1v) is 7.69. The fourth-order valence-corrected chi connectivity index (χ4v) is 2.84. The molecular weight excluding hydrogens is 300 g/mol. The summed E-state index contributed by atoms with van der Waals surface area (Å²) in [6.07, 6.45) is 0. The summed E-state index contributed by atoms with van der Waals surface area (Å²) in [7, 11) is 1.32. The Bertz CT molecular complexity index is 869. The van der Waals surface area contributed by atoms with Gasteiger partial charge in [0.2, 0.25) is 0 Å². The molecule has 24 heavy (non-hydrogen) atoms. The quantitative estimate of drug-likeness (QED) is 0.704. The highest BCUT2D eigenvalue weighted by molar-refractivity contribution is 6.02. The second kappa shape index (κ2) is 6.59. The fraction of sp³-hybridized carbons (Fsp3) is 0.0952. The molecule has 0 amide bonds. The van der Waals surface area contributed by atoms with Crippen LogP contribution in [0, 0.1) is 6.92 Å². The molecule has 0 saturated carbocycles. The molecule has 3 nitrogen and oxygen atoms in total. The third kappa shape index (κ3) is 2.76. The fourth-order valence-electron chi connectivity index (χ4n) is 2.84. The Labute approximate surface area is 141 Å². The van der Waals surface area contributed by atoms with Gasteiger partial charge in [0.15, 0.2) is 0 Å². The van der Waals surface area contributed by atoms with E-state index in [4.69, 9.17) is 4.74 Å². The summed E-state index contributed by atoms with van der Waals surface area (Å²) in [4.78, 5) is 12.2. The van der Waals surface area contributed by atoms with E-state index in [9.17, 15) is 9.90 Å². The molecule has 0 bridgehead atoms. The molecule has 0 aromatic heterocycles. The van der Waals surface area contributed by atoms with E-state index >= 15 is 0 Å². The Morgan fingerprint density at radius 2 is 1.38 bits per heavy atom. The molecule has 0 saturated heterocycles. The van der Waals surface area contributed by atoms with Crippen LogP contribution in [-0.2, 0) is 4.74 Å². The van der Waals surface area contributed by atoms with Gasteiger partial charge in [-0.1, -0.05) is 60.7 Å². The molecule has 0 aliphatic carbocycles. The second-order valence-electron chi connectivity index (χ2n) is 5.54. The number of aromatic hydroxyl groups is 1. The summed E-state index contributed by atoms with van der Waals surface area (Å²) in [6.45, 7) is 1.80. The van der Waals surface area contributed by atoms with Crippen LogP contribution in [0.5, 0.6) is 5.75 Å². The van der Waals surface area contributed by atoms with Gasteiger partial charge in [-0.05, 0) is 35.2 Å². The maximum atomic E-state index is 12.2. The topological polar surface area (TPSA) is 46.5 Å². The molecular formula is C21H18O3. The van der Waals surface area contributed by atoms with E-state index in [1.165, 1.54) is 7.11 Å². The lowest BCUT2D eigenvalue weighted by Crippen LogP contribution is -2.06. The summed E-state index contributed by atoms with van der Waals surface area (Å²) in [6, 6.07) is 21.3. The molecule has 0 heterocycles. The standard InChI is InChI=1S/C21H18O3/c1-14-17(15-9-5-3-6-10-15)13-18(16-11-7-4-8-12-16)19(20(14)22)21(23)24-2/h3-13,22H,1-2H3. The van der Waals surface area contributed by atoms with Crippen molar-refractivity contribution in [1.29, 1.82) is 0 Å². The number of ether oxygens (including phenoxy) is 1. The average Bonchev–Trinajstić information content (AvgIpc) is 2.64. The summed E-state index contributed by atoms with van der Waals surface area (Å²) in [5.74, 6) is -0.587. The Hall–Kier alpha value is -3.07. The molecule has 0 unspecified atom stereocenters. The van der Waals surface area contributed by atoms with Gasteiger partial charge in [-0.25, -0.2) is 4.79 Å². The third-order valence-corrected chi connectivity index (χ3v) is 4.11. The molecule has 3 aromatic carbocycles. The highest BCUT2D eigenvalue weighted by atomic mass is 16.5. The number of methoxy groups -OCH3 is 1. The van der Waals surface area contributed by atoms with Crippen LogP contribution in [-0.4, -0.2) is 18.2 Å². The zero-order valence-electron chi connectivity index (χ0n) is 13.6. The predicted octanol–water partition coefficient (Wildman–Crippen LogP) is 4.82. The van der Waals surface area contributed by atoms with Gasteiger partial charge in [0.1, 0.15) is 11.3 Å². The van der Waals surface area contributed by atoms with Crippen LogP contribution in [0.2, 0.25) is 0 Å². The van der Waals surface area contributed by atoms with Gasteiger partial charge in [0, 0.05) is 5.56 Å². The lowest BCUT2D eigenvalue weighted by molar-refractivity contribution is 0.0598. The van der Waals surface area contributed by atoms with E-state index in [0.717, 1.165) is 16.7 Å². The zero-order valence-corrected chi connectivity index (χ0v) is 13.6. The molecule has 1 N–H and O–H groups in total. The zero-order chi connectivity index (χ0) is 17.1. The Balaban J connectivity index is 2.33. The van der Waals surface area contributed by atoms with E-state index in [-0.39, 0.29) is 11.3 Å². The van der Waals surface area contributed by atoms with Crippen molar-refractivity contribution in [3.63, 3.8) is 0 Å². The normalized spacial score (nSPS) is 10.4. The number of hydrogen-bond acceptors (Lipinski definition) is 3. The lowest BCUT2D eigenvalue weighted by atomic mass is 9.90. The number of phenolic OH excluding ortho intramolecular Hbond substituents is 1. The van der Waals surface area contributed by atoms with Gasteiger partial charge in [-0.2, -0.15) is 0 Å². The van der Waals surface area contributed by atoms with E-state index in [1.807, 2.05) is 66.7 Å². The van der Waals surface area contributed by atoms with E-state index in [2.05, 4.69) is 0 Å². The number of carbonyl (C=O) groups excluding carboxylic acids is 1. The van der Waals surface area contributed by atoms with Crippen molar-refractivity contribution < 1.29 is 14.6 Å². The molecule has 3 rings (SSSR count). The Morgan fingerprint density at radius 3 is 1.88 bits per heavy atom. The maximum absolute atomic E-state index is 12.2. The van der Waals surface area contributed by atoms with Crippen molar-refractivity contribution in [2.45, 2.75) is 6.92 Å². The molecule has 0 radical (unpaired) electrons. The summed E-state index contributed by atoms with van der Waals surface area (Å²) in [5.41, 5.74) is 4.23. The van der Waals surface area contributed by atoms with Crippen molar-refractivity contribution >= 4 is 5.97 Å². The molecule has 3 heteroatoms.